The van der Waals surface area contributed by atoms with Crippen LogP contribution in [0.15, 0.2) is 77.4 Å². The third-order valence-electron chi connectivity index (χ3n) is 6.90. The lowest BCUT2D eigenvalue weighted by molar-refractivity contribution is -0.120. The molecule has 0 saturated heterocycles. The lowest BCUT2D eigenvalue weighted by Gasteiger charge is -2.28. The smallest absolute Gasteiger partial charge is 0.410 e. The molecule has 222 valence electrons. The molecule has 1 atom stereocenters. The average molecular weight is 580 g/mol. The molecule has 0 bridgehead atoms. The summed E-state index contributed by atoms with van der Waals surface area (Å²) in [6.45, 7) is 9.70. The molecule has 1 N–H and O–H groups in total. The molecule has 0 spiro atoms. The number of hydrogen-bond acceptors (Lipinski definition) is 6. The van der Waals surface area contributed by atoms with Crippen LogP contribution in [0.1, 0.15) is 51.4 Å². The Balaban J connectivity index is 1.65. The van der Waals surface area contributed by atoms with Crippen LogP contribution in [-0.2, 0) is 16.6 Å². The number of benzene rings is 1. The van der Waals surface area contributed by atoms with E-state index in [0.717, 1.165) is 34.3 Å². The van der Waals surface area contributed by atoms with Crippen LogP contribution in [-0.4, -0.2) is 56.6 Å². The number of nitrogens with zero attached hydrogens (tertiary/aromatic N) is 4. The number of hydrogen-bond donors (Lipinski definition) is 1. The number of allylic oxidation sites excluding steroid dienone is 3. The molecule has 9 nitrogen and oxygen atoms in total. The molecular weight excluding hydrogens is 542 g/mol. The number of ether oxygens (including phenoxy) is 1. The Kier molecular flexibility index (Phi) is 9.20. The monoisotopic (exact) mass is 579 g/mol. The number of fused-ring (bicyclic) bond motifs is 1. The van der Waals surface area contributed by atoms with E-state index in [-0.39, 0.29) is 5.56 Å². The van der Waals surface area contributed by atoms with Gasteiger partial charge in [-0.1, -0.05) is 18.1 Å². The van der Waals surface area contributed by atoms with Gasteiger partial charge in [0.05, 0.1) is 5.52 Å². The van der Waals surface area contributed by atoms with Crippen LogP contribution in [0, 0.1) is 11.8 Å². The van der Waals surface area contributed by atoms with E-state index in [1.165, 1.54) is 18.0 Å². The maximum Gasteiger partial charge on any atom is 0.410 e. The van der Waals surface area contributed by atoms with Gasteiger partial charge in [0.15, 0.2) is 0 Å². The molecule has 2 aromatic heterocycles. The van der Waals surface area contributed by atoms with Gasteiger partial charge < -0.3 is 19.5 Å². The van der Waals surface area contributed by atoms with E-state index in [1.54, 1.807) is 51.4 Å². The maximum absolute atomic E-state index is 13.1. The molecule has 1 aliphatic heterocycles. The lowest BCUT2D eigenvalue weighted by atomic mass is 10.1. The van der Waals surface area contributed by atoms with E-state index in [0.29, 0.717) is 11.5 Å². The van der Waals surface area contributed by atoms with E-state index < -0.39 is 23.6 Å². The fourth-order valence-corrected chi connectivity index (χ4v) is 4.29. The summed E-state index contributed by atoms with van der Waals surface area (Å²) in [6, 6.07) is 11.7. The number of carbonyl (C=O) groups excluding carboxylic acids is 2. The predicted octanol–water partition coefficient (Wildman–Crippen LogP) is 5.27. The first kappa shape index (κ1) is 30.8. The molecule has 9 heteroatoms. The zero-order valence-corrected chi connectivity index (χ0v) is 25.6. The second-order valence-corrected chi connectivity index (χ2v) is 11.4. The van der Waals surface area contributed by atoms with Crippen molar-refractivity contribution in [1.82, 2.24) is 19.4 Å². The molecular formula is C34H37N5O4. The summed E-state index contributed by atoms with van der Waals surface area (Å²) in [6.07, 6.45) is 9.46. The topological polar surface area (TPSA) is 96.8 Å². The maximum atomic E-state index is 13.1. The molecule has 0 aliphatic carbocycles. The minimum absolute atomic E-state index is 0.0770. The van der Waals surface area contributed by atoms with Gasteiger partial charge in [-0.2, -0.15) is 0 Å². The van der Waals surface area contributed by atoms with E-state index >= 15 is 0 Å². The Labute approximate surface area is 252 Å². The summed E-state index contributed by atoms with van der Waals surface area (Å²) >= 11 is 0. The van der Waals surface area contributed by atoms with Gasteiger partial charge >= 0.3 is 6.09 Å². The average Bonchev–Trinajstić information content (AvgIpc) is 2.97. The summed E-state index contributed by atoms with van der Waals surface area (Å²) < 4.78 is 6.99. The third-order valence-corrected chi connectivity index (χ3v) is 6.90. The molecule has 1 unspecified atom stereocenters. The third kappa shape index (κ3) is 7.80. The zero-order valence-electron chi connectivity index (χ0n) is 25.6. The summed E-state index contributed by atoms with van der Waals surface area (Å²) in [7, 11) is 3.26. The normalized spacial score (nSPS) is 13.7. The highest BCUT2D eigenvalue weighted by Crippen LogP contribution is 2.19. The van der Waals surface area contributed by atoms with Crippen LogP contribution in [0.3, 0.4) is 0 Å². The number of pyridine rings is 2. The van der Waals surface area contributed by atoms with Crippen LogP contribution < -0.4 is 10.9 Å². The summed E-state index contributed by atoms with van der Waals surface area (Å²) in [5.41, 5.74) is 3.07. The highest BCUT2D eigenvalue weighted by molar-refractivity contribution is 5.95. The van der Waals surface area contributed by atoms with Gasteiger partial charge in [0.2, 0.25) is 5.91 Å². The van der Waals surface area contributed by atoms with E-state index in [4.69, 9.17) is 4.74 Å². The molecule has 2 amide bonds. The van der Waals surface area contributed by atoms with Gasteiger partial charge in [-0.15, -0.1) is 0 Å². The Morgan fingerprint density at radius 3 is 2.58 bits per heavy atom. The summed E-state index contributed by atoms with van der Waals surface area (Å²) in [4.78, 5) is 45.6. The van der Waals surface area contributed by atoms with Crippen LogP contribution >= 0.6 is 0 Å². The van der Waals surface area contributed by atoms with Crippen LogP contribution in [0.2, 0.25) is 0 Å². The van der Waals surface area contributed by atoms with E-state index in [2.05, 4.69) is 33.1 Å². The second kappa shape index (κ2) is 12.8. The highest BCUT2D eigenvalue weighted by Gasteiger charge is 2.27. The molecule has 4 rings (SSSR count). The minimum atomic E-state index is -0.805. The molecule has 3 aromatic rings. The SMILES string of the molecule is C/C(=C\c1ccc(NC(=O)C(C)N(C)C(=O)OC(C)(C)C)nc1C#Cc1ccc2c(ccc(=O)n2C)c1)N1C=CC=CC1. The Bertz CT molecular complexity index is 1770. The van der Waals surface area contributed by atoms with Crippen molar-refractivity contribution < 1.29 is 14.3 Å². The first-order valence-corrected chi connectivity index (χ1v) is 14.0. The van der Waals surface area contributed by atoms with Gasteiger partial charge in [0.1, 0.15) is 23.2 Å². The molecule has 3 heterocycles. The quantitative estimate of drug-likeness (QED) is 0.414. The van der Waals surface area contributed by atoms with Gasteiger partial charge in [0.25, 0.3) is 5.56 Å². The largest absolute Gasteiger partial charge is 0.444 e. The number of amides is 2. The van der Waals surface area contributed by atoms with Gasteiger partial charge in [0, 0.05) is 49.7 Å². The van der Waals surface area contributed by atoms with Crippen molar-refractivity contribution in [3.8, 4) is 11.8 Å². The molecule has 1 aliphatic rings. The van der Waals surface area contributed by atoms with Crippen molar-refractivity contribution in [3.63, 3.8) is 0 Å². The molecule has 1 aromatic carbocycles. The van der Waals surface area contributed by atoms with Crippen molar-refractivity contribution in [2.75, 3.05) is 18.9 Å². The summed E-state index contributed by atoms with van der Waals surface area (Å²) in [5.74, 6) is 6.26. The number of likely N-dealkylation sites (N-methyl/N-ethyl adjacent to an activating group) is 1. The fourth-order valence-electron chi connectivity index (χ4n) is 4.29. The summed E-state index contributed by atoms with van der Waals surface area (Å²) in [5, 5.41) is 3.70. The second-order valence-electron chi connectivity index (χ2n) is 11.4. The van der Waals surface area contributed by atoms with Gasteiger partial charge in [-0.05, 0) is 94.5 Å². The van der Waals surface area contributed by atoms with Gasteiger partial charge in [-0.3, -0.25) is 14.5 Å². The molecule has 43 heavy (non-hydrogen) atoms. The van der Waals surface area contributed by atoms with Crippen molar-refractivity contribution in [2.45, 2.75) is 46.3 Å². The highest BCUT2D eigenvalue weighted by atomic mass is 16.6. The predicted molar refractivity (Wildman–Crippen MR) is 170 cm³/mol. The van der Waals surface area contributed by atoms with Crippen molar-refractivity contribution in [1.29, 1.82) is 0 Å². The first-order chi connectivity index (χ1) is 20.3. The van der Waals surface area contributed by atoms with Crippen LogP contribution in [0.25, 0.3) is 17.0 Å². The lowest BCUT2D eigenvalue weighted by Crippen LogP contribution is -2.45. The van der Waals surface area contributed by atoms with Crippen molar-refractivity contribution >= 4 is 34.8 Å². The zero-order chi connectivity index (χ0) is 31.3. The fraction of sp³-hybridized carbons (Fsp3) is 0.294. The minimum Gasteiger partial charge on any atom is -0.444 e. The first-order valence-electron chi connectivity index (χ1n) is 14.0. The Morgan fingerprint density at radius 1 is 1.12 bits per heavy atom. The Hall–Kier alpha value is -5.10. The van der Waals surface area contributed by atoms with E-state index in [9.17, 15) is 14.4 Å². The van der Waals surface area contributed by atoms with Crippen molar-refractivity contribution in [2.24, 2.45) is 7.05 Å². The van der Waals surface area contributed by atoms with E-state index in [1.807, 2.05) is 55.6 Å². The molecule has 0 saturated carbocycles. The number of rotatable bonds is 5. The standard InChI is InChI=1S/C34H37N5O4/c1-23(39-19-9-8-10-20-39)21-26-13-17-30(36-32(41)24(2)37(6)33(42)43-34(3,4)5)35-28(26)15-11-25-12-16-29-27(22-25)14-18-31(40)38(29)7/h8-10,12-14,16-19,21-22,24H,20H2,1-7H3,(H,35,36,41)/b23-21+. The number of aryl methyl sites for hydroxylation is 1. The number of aromatic nitrogens is 2. The van der Waals surface area contributed by atoms with Crippen molar-refractivity contribution in [3.05, 3.63) is 99.8 Å². The van der Waals surface area contributed by atoms with Crippen LogP contribution in [0.4, 0.5) is 10.6 Å². The number of nitrogens with one attached hydrogen (secondary N) is 1. The van der Waals surface area contributed by atoms with Gasteiger partial charge in [-0.25, -0.2) is 9.78 Å². The number of carbonyl (C=O) groups is 2. The molecule has 0 fully saturated rings. The molecule has 0 radical (unpaired) electrons. The Morgan fingerprint density at radius 2 is 1.88 bits per heavy atom. The number of anilines is 1. The van der Waals surface area contributed by atoms with Crippen LogP contribution in [0.5, 0.6) is 0 Å².